The molecule has 2 nitrogen and oxygen atoms in total. The van der Waals surface area contributed by atoms with Crippen molar-refractivity contribution in [2.45, 2.75) is 0 Å². The van der Waals surface area contributed by atoms with Gasteiger partial charge in [0.1, 0.15) is 12.4 Å². The molecule has 1 aromatic rings. The van der Waals surface area contributed by atoms with Gasteiger partial charge in [0.05, 0.1) is 5.02 Å². The van der Waals surface area contributed by atoms with E-state index in [2.05, 4.69) is 4.74 Å². The highest BCUT2D eigenvalue weighted by Crippen LogP contribution is 2.16. The molecule has 0 atom stereocenters. The molecule has 4 heteroatoms. The molecule has 0 bridgehead atoms. The molecule has 74 valence electrons. The lowest BCUT2D eigenvalue weighted by Gasteiger charge is -1.96. The van der Waals surface area contributed by atoms with E-state index >= 15 is 0 Å². The van der Waals surface area contributed by atoms with E-state index in [0.29, 0.717) is 12.0 Å². The van der Waals surface area contributed by atoms with E-state index in [1.54, 1.807) is 18.2 Å². The standard InChI is InChI=1S/C10H8ClFO2/c11-9-4-3-8(6-10(9)12)2-1-5-14-7-13/h1-4,6-7H,5H2. The van der Waals surface area contributed by atoms with Crippen LogP contribution in [-0.2, 0) is 9.53 Å². The molecule has 0 amide bonds. The summed E-state index contributed by atoms with van der Waals surface area (Å²) in [5.74, 6) is -0.467. The molecule has 0 spiro atoms. The molecule has 0 saturated carbocycles. The molecule has 1 rings (SSSR count). The smallest absolute Gasteiger partial charge is 0.293 e. The van der Waals surface area contributed by atoms with Gasteiger partial charge in [0.15, 0.2) is 0 Å². The third-order valence-corrected chi connectivity index (χ3v) is 1.82. The molecular formula is C10H8ClFO2. The number of halogens is 2. The topological polar surface area (TPSA) is 26.3 Å². The van der Waals surface area contributed by atoms with E-state index in [0.717, 1.165) is 0 Å². The molecule has 0 aliphatic rings. The van der Waals surface area contributed by atoms with Crippen molar-refractivity contribution >= 4 is 24.1 Å². The lowest BCUT2D eigenvalue weighted by Crippen LogP contribution is -1.85. The predicted molar refractivity (Wildman–Crippen MR) is 52.5 cm³/mol. The lowest BCUT2D eigenvalue weighted by molar-refractivity contribution is -0.127. The van der Waals surface area contributed by atoms with Crippen molar-refractivity contribution in [3.05, 3.63) is 40.7 Å². The molecule has 1 aromatic carbocycles. The average Bonchev–Trinajstić information content (AvgIpc) is 2.18. The van der Waals surface area contributed by atoms with Gasteiger partial charge in [-0.2, -0.15) is 0 Å². The highest BCUT2D eigenvalue weighted by atomic mass is 35.5. The normalized spacial score (nSPS) is 10.4. The number of ether oxygens (including phenoxy) is 1. The van der Waals surface area contributed by atoms with Crippen molar-refractivity contribution in [3.63, 3.8) is 0 Å². The van der Waals surface area contributed by atoms with Gasteiger partial charge in [-0.15, -0.1) is 0 Å². The largest absolute Gasteiger partial charge is 0.464 e. The van der Waals surface area contributed by atoms with Crippen molar-refractivity contribution in [2.24, 2.45) is 0 Å². The van der Waals surface area contributed by atoms with E-state index in [4.69, 9.17) is 11.6 Å². The second-order valence-electron chi connectivity index (χ2n) is 2.51. The van der Waals surface area contributed by atoms with Crippen LogP contribution in [0.5, 0.6) is 0 Å². The Kier molecular flexibility index (Phi) is 4.13. The van der Waals surface area contributed by atoms with Gasteiger partial charge in [0, 0.05) is 0 Å². The van der Waals surface area contributed by atoms with Crippen molar-refractivity contribution in [1.29, 1.82) is 0 Å². The van der Waals surface area contributed by atoms with E-state index < -0.39 is 5.82 Å². The molecule has 0 aliphatic carbocycles. The Hall–Kier alpha value is -1.35. The summed E-state index contributed by atoms with van der Waals surface area (Å²) in [7, 11) is 0. The van der Waals surface area contributed by atoms with E-state index in [1.807, 2.05) is 0 Å². The van der Waals surface area contributed by atoms with Gasteiger partial charge in [-0.25, -0.2) is 4.39 Å². The van der Waals surface area contributed by atoms with Gasteiger partial charge in [-0.1, -0.05) is 23.7 Å². The van der Waals surface area contributed by atoms with Gasteiger partial charge in [-0.3, -0.25) is 4.79 Å². The Morgan fingerprint density at radius 3 is 2.93 bits per heavy atom. The molecule has 0 N–H and O–H groups in total. The zero-order valence-electron chi connectivity index (χ0n) is 7.24. The first-order valence-electron chi connectivity index (χ1n) is 3.91. The number of rotatable bonds is 4. The molecular weight excluding hydrogens is 207 g/mol. The maximum atomic E-state index is 12.9. The fourth-order valence-electron chi connectivity index (χ4n) is 0.895. The monoisotopic (exact) mass is 214 g/mol. The molecule has 0 aliphatic heterocycles. The van der Waals surface area contributed by atoms with Crippen LogP contribution in [-0.4, -0.2) is 13.1 Å². The van der Waals surface area contributed by atoms with E-state index in [9.17, 15) is 9.18 Å². The summed E-state index contributed by atoms with van der Waals surface area (Å²) >= 11 is 5.49. The third-order valence-electron chi connectivity index (χ3n) is 1.51. The molecule has 0 fully saturated rings. The Bertz CT molecular complexity index is 350. The minimum Gasteiger partial charge on any atom is -0.464 e. The molecule has 0 heterocycles. The number of benzene rings is 1. The second kappa shape index (κ2) is 5.40. The first-order chi connectivity index (χ1) is 6.74. The quantitative estimate of drug-likeness (QED) is 0.569. The van der Waals surface area contributed by atoms with Crippen LogP contribution in [0.1, 0.15) is 5.56 Å². The minimum atomic E-state index is -0.467. The van der Waals surface area contributed by atoms with Gasteiger partial charge >= 0.3 is 0 Å². The fraction of sp³-hybridized carbons (Fsp3) is 0.100. The molecule has 0 saturated heterocycles. The Balaban J connectivity index is 2.63. The number of hydrogen-bond donors (Lipinski definition) is 0. The van der Waals surface area contributed by atoms with Crippen molar-refractivity contribution < 1.29 is 13.9 Å². The van der Waals surface area contributed by atoms with Gasteiger partial charge in [0.25, 0.3) is 6.47 Å². The number of carbonyl (C=O) groups is 1. The maximum Gasteiger partial charge on any atom is 0.293 e. The van der Waals surface area contributed by atoms with E-state index in [-0.39, 0.29) is 11.6 Å². The van der Waals surface area contributed by atoms with Crippen LogP contribution in [0.3, 0.4) is 0 Å². The zero-order valence-corrected chi connectivity index (χ0v) is 8.00. The van der Waals surface area contributed by atoms with Crippen molar-refractivity contribution in [3.8, 4) is 0 Å². The summed E-state index contributed by atoms with van der Waals surface area (Å²) in [6.07, 6.45) is 3.25. The first-order valence-corrected chi connectivity index (χ1v) is 4.28. The van der Waals surface area contributed by atoms with Crippen LogP contribution in [0.2, 0.25) is 5.02 Å². The Labute approximate surface area is 85.9 Å². The highest BCUT2D eigenvalue weighted by molar-refractivity contribution is 6.30. The number of carbonyl (C=O) groups excluding carboxylic acids is 1. The molecule has 0 radical (unpaired) electrons. The van der Waals surface area contributed by atoms with Crippen LogP contribution in [0.4, 0.5) is 4.39 Å². The van der Waals surface area contributed by atoms with Crippen LogP contribution in [0.15, 0.2) is 24.3 Å². The van der Waals surface area contributed by atoms with Crippen molar-refractivity contribution in [1.82, 2.24) is 0 Å². The zero-order chi connectivity index (χ0) is 10.4. The average molecular weight is 215 g/mol. The summed E-state index contributed by atoms with van der Waals surface area (Å²) < 4.78 is 17.3. The fourth-order valence-corrected chi connectivity index (χ4v) is 1.01. The second-order valence-corrected chi connectivity index (χ2v) is 2.91. The summed E-state index contributed by atoms with van der Waals surface area (Å²) in [6.45, 7) is 0.528. The third kappa shape index (κ3) is 3.18. The first kappa shape index (κ1) is 10.7. The predicted octanol–water partition coefficient (Wildman–Crippen LogP) is 2.67. The molecule has 14 heavy (non-hydrogen) atoms. The van der Waals surface area contributed by atoms with E-state index in [1.165, 1.54) is 12.1 Å². The van der Waals surface area contributed by atoms with Gasteiger partial charge in [-0.05, 0) is 23.8 Å². The summed E-state index contributed by atoms with van der Waals surface area (Å²) in [4.78, 5) is 9.78. The summed E-state index contributed by atoms with van der Waals surface area (Å²) in [5, 5.41) is 0.0892. The number of hydrogen-bond acceptors (Lipinski definition) is 2. The van der Waals surface area contributed by atoms with Crippen LogP contribution in [0.25, 0.3) is 6.08 Å². The highest BCUT2D eigenvalue weighted by Gasteiger charge is 1.97. The molecule has 0 unspecified atom stereocenters. The maximum absolute atomic E-state index is 12.9. The summed E-state index contributed by atoms with van der Waals surface area (Å²) in [6, 6.07) is 4.44. The van der Waals surface area contributed by atoms with Gasteiger partial charge < -0.3 is 4.74 Å². The Morgan fingerprint density at radius 1 is 1.50 bits per heavy atom. The van der Waals surface area contributed by atoms with Crippen molar-refractivity contribution in [2.75, 3.05) is 6.61 Å². The molecule has 0 aromatic heterocycles. The summed E-state index contributed by atoms with van der Waals surface area (Å²) in [5.41, 5.74) is 0.668. The van der Waals surface area contributed by atoms with Crippen LogP contribution in [0, 0.1) is 5.82 Å². The van der Waals surface area contributed by atoms with Crippen LogP contribution >= 0.6 is 11.6 Å². The minimum absolute atomic E-state index is 0.0892. The lowest BCUT2D eigenvalue weighted by atomic mass is 10.2. The van der Waals surface area contributed by atoms with Crippen LogP contribution < -0.4 is 0 Å². The Morgan fingerprint density at radius 2 is 2.29 bits per heavy atom. The SMILES string of the molecule is O=COCC=Cc1ccc(Cl)c(F)c1. The van der Waals surface area contributed by atoms with Gasteiger partial charge in [0.2, 0.25) is 0 Å².